The number of rotatable bonds is 7. The molecule has 1 aromatic carbocycles. The Hall–Kier alpha value is -1.88. The van der Waals surface area contributed by atoms with Crippen molar-refractivity contribution in [3.8, 4) is 0 Å². The van der Waals surface area contributed by atoms with Gasteiger partial charge in [-0.2, -0.15) is 0 Å². The summed E-state index contributed by atoms with van der Waals surface area (Å²) in [6, 6.07) is 7.34. The maximum Gasteiger partial charge on any atom is 0.420 e. The lowest BCUT2D eigenvalue weighted by Gasteiger charge is -2.19. The first-order valence-electron chi connectivity index (χ1n) is 8.75. The zero-order valence-electron chi connectivity index (χ0n) is 15.1. The van der Waals surface area contributed by atoms with Crippen molar-refractivity contribution in [2.75, 3.05) is 6.61 Å². The van der Waals surface area contributed by atoms with Gasteiger partial charge in [0.15, 0.2) is 5.82 Å². The maximum atomic E-state index is 12.7. The topological polar surface area (TPSA) is 64.3 Å². The molecule has 0 spiro atoms. The molecule has 5 nitrogen and oxygen atoms in total. The fourth-order valence-electron chi connectivity index (χ4n) is 2.77. The highest BCUT2D eigenvalue weighted by Crippen LogP contribution is 2.25. The minimum absolute atomic E-state index is 0.301. The van der Waals surface area contributed by atoms with Crippen LogP contribution in [0.25, 0.3) is 11.0 Å². The number of nitrogens with zero attached hydrogens (tertiary/aromatic N) is 2. The van der Waals surface area contributed by atoms with Crippen LogP contribution in [-0.2, 0) is 10.3 Å². The van der Waals surface area contributed by atoms with Gasteiger partial charge in [0.1, 0.15) is 5.60 Å². The van der Waals surface area contributed by atoms with E-state index in [9.17, 15) is 9.90 Å². The first kappa shape index (κ1) is 18.5. The number of hydrogen-bond acceptors (Lipinski definition) is 4. The number of carbonyl (C=O) groups is 1. The predicted molar refractivity (Wildman–Crippen MR) is 95.0 cm³/mol. The van der Waals surface area contributed by atoms with Crippen LogP contribution < -0.4 is 0 Å². The average molecular weight is 332 g/mol. The number of para-hydroxylation sites is 2. The van der Waals surface area contributed by atoms with Crippen LogP contribution >= 0.6 is 0 Å². The molecule has 1 atom stereocenters. The van der Waals surface area contributed by atoms with Gasteiger partial charge in [0.25, 0.3) is 0 Å². The van der Waals surface area contributed by atoms with E-state index in [1.165, 1.54) is 4.57 Å². The fraction of sp³-hybridized carbons (Fsp3) is 0.579. The molecule has 1 N–H and O–H groups in total. The molecule has 0 fully saturated rings. The standard InChI is InChI=1S/C19H28N2O3/c1-5-7-10-14(6-2)13-24-18(22)21-16-12-9-8-11-15(16)20-17(21)19(3,4)23/h8-9,11-12,14,23H,5-7,10,13H2,1-4H3. The van der Waals surface area contributed by atoms with Crippen molar-refractivity contribution in [3.63, 3.8) is 0 Å². The van der Waals surface area contributed by atoms with Gasteiger partial charge in [-0.1, -0.05) is 45.2 Å². The van der Waals surface area contributed by atoms with Crippen LogP contribution in [0.2, 0.25) is 0 Å². The molecule has 0 aliphatic carbocycles. The van der Waals surface area contributed by atoms with Gasteiger partial charge in [-0.25, -0.2) is 14.3 Å². The first-order chi connectivity index (χ1) is 11.4. The van der Waals surface area contributed by atoms with Crippen LogP contribution in [0.5, 0.6) is 0 Å². The third-order valence-electron chi connectivity index (χ3n) is 4.28. The monoisotopic (exact) mass is 332 g/mol. The Morgan fingerprint density at radius 1 is 1.33 bits per heavy atom. The zero-order chi connectivity index (χ0) is 17.7. The molecule has 0 aliphatic rings. The van der Waals surface area contributed by atoms with Gasteiger partial charge in [-0.05, 0) is 38.3 Å². The second kappa shape index (κ2) is 7.79. The Labute approximate surface area is 143 Å². The number of fused-ring (bicyclic) bond motifs is 1. The lowest BCUT2D eigenvalue weighted by atomic mass is 10.0. The van der Waals surface area contributed by atoms with E-state index in [-0.39, 0.29) is 0 Å². The smallest absolute Gasteiger partial charge is 0.420 e. The van der Waals surface area contributed by atoms with Crippen LogP contribution in [0.3, 0.4) is 0 Å². The molecular weight excluding hydrogens is 304 g/mol. The number of aromatic nitrogens is 2. The summed E-state index contributed by atoms with van der Waals surface area (Å²) >= 11 is 0. The van der Waals surface area contributed by atoms with Crippen molar-refractivity contribution in [2.45, 2.75) is 59.0 Å². The highest BCUT2D eigenvalue weighted by Gasteiger charge is 2.28. The summed E-state index contributed by atoms with van der Waals surface area (Å²) in [6.45, 7) is 7.91. The van der Waals surface area contributed by atoms with Crippen LogP contribution in [0, 0.1) is 5.92 Å². The van der Waals surface area contributed by atoms with Crippen LogP contribution in [0.15, 0.2) is 24.3 Å². The van der Waals surface area contributed by atoms with Crippen molar-refractivity contribution in [1.82, 2.24) is 9.55 Å². The molecule has 24 heavy (non-hydrogen) atoms. The third-order valence-corrected chi connectivity index (χ3v) is 4.28. The molecule has 0 aliphatic heterocycles. The molecule has 132 valence electrons. The van der Waals surface area contributed by atoms with Gasteiger partial charge in [0.05, 0.1) is 17.6 Å². The van der Waals surface area contributed by atoms with Crippen LogP contribution in [0.4, 0.5) is 4.79 Å². The number of unbranched alkanes of at least 4 members (excludes halogenated alkanes) is 1. The van der Waals surface area contributed by atoms with Crippen molar-refractivity contribution in [3.05, 3.63) is 30.1 Å². The summed E-state index contributed by atoms with van der Waals surface area (Å²) < 4.78 is 6.94. The number of aliphatic hydroxyl groups is 1. The highest BCUT2D eigenvalue weighted by atomic mass is 16.5. The Morgan fingerprint density at radius 3 is 2.67 bits per heavy atom. The van der Waals surface area contributed by atoms with E-state index in [4.69, 9.17) is 4.74 Å². The normalized spacial score (nSPS) is 13.2. The van der Waals surface area contributed by atoms with Crippen molar-refractivity contribution < 1.29 is 14.6 Å². The number of imidazole rings is 1. The molecule has 0 saturated carbocycles. The molecule has 2 aromatic rings. The quantitative estimate of drug-likeness (QED) is 0.813. The van der Waals surface area contributed by atoms with E-state index >= 15 is 0 Å². The van der Waals surface area contributed by atoms with Crippen molar-refractivity contribution >= 4 is 17.1 Å². The van der Waals surface area contributed by atoms with Gasteiger partial charge >= 0.3 is 6.09 Å². The van der Waals surface area contributed by atoms with Crippen molar-refractivity contribution in [1.29, 1.82) is 0 Å². The molecule has 0 radical (unpaired) electrons. The van der Waals surface area contributed by atoms with E-state index in [0.29, 0.717) is 29.4 Å². The molecule has 2 rings (SSSR count). The Bertz CT molecular complexity index is 685. The van der Waals surface area contributed by atoms with Crippen LogP contribution in [-0.4, -0.2) is 27.4 Å². The largest absolute Gasteiger partial charge is 0.449 e. The summed E-state index contributed by atoms with van der Waals surface area (Å²) in [5, 5.41) is 10.4. The number of benzene rings is 1. The minimum Gasteiger partial charge on any atom is -0.449 e. The summed E-state index contributed by atoms with van der Waals surface area (Å²) in [5.41, 5.74) is 0.0931. The molecule has 0 saturated heterocycles. The summed E-state index contributed by atoms with van der Waals surface area (Å²) in [4.78, 5) is 17.1. The van der Waals surface area contributed by atoms with Gasteiger partial charge in [-0.15, -0.1) is 0 Å². The van der Waals surface area contributed by atoms with Gasteiger partial charge in [-0.3, -0.25) is 0 Å². The number of ether oxygens (including phenoxy) is 1. The molecular formula is C19H28N2O3. The lowest BCUT2D eigenvalue weighted by Crippen LogP contribution is -2.27. The van der Waals surface area contributed by atoms with E-state index in [1.54, 1.807) is 13.8 Å². The molecule has 1 aromatic heterocycles. The zero-order valence-corrected chi connectivity index (χ0v) is 15.1. The number of hydrogen-bond donors (Lipinski definition) is 1. The van der Waals surface area contributed by atoms with E-state index in [2.05, 4.69) is 18.8 Å². The van der Waals surface area contributed by atoms with Gasteiger partial charge in [0.2, 0.25) is 0 Å². The Balaban J connectivity index is 2.25. The summed E-state index contributed by atoms with van der Waals surface area (Å²) in [5.74, 6) is 0.671. The van der Waals surface area contributed by atoms with Crippen LogP contribution in [0.1, 0.15) is 59.2 Å². The average Bonchev–Trinajstić information content (AvgIpc) is 2.94. The van der Waals surface area contributed by atoms with E-state index in [0.717, 1.165) is 25.7 Å². The first-order valence-corrected chi connectivity index (χ1v) is 8.75. The molecule has 5 heteroatoms. The molecule has 1 heterocycles. The minimum atomic E-state index is -1.23. The maximum absolute atomic E-state index is 12.7. The fourth-order valence-corrected chi connectivity index (χ4v) is 2.77. The lowest BCUT2D eigenvalue weighted by molar-refractivity contribution is 0.0624. The van der Waals surface area contributed by atoms with Crippen molar-refractivity contribution in [2.24, 2.45) is 5.92 Å². The third kappa shape index (κ3) is 4.15. The second-order valence-corrected chi connectivity index (χ2v) is 6.81. The van der Waals surface area contributed by atoms with E-state index < -0.39 is 11.7 Å². The summed E-state index contributed by atoms with van der Waals surface area (Å²) in [6.07, 6.45) is 3.84. The SMILES string of the molecule is CCCCC(CC)COC(=O)n1c(C(C)(C)O)nc2ccccc21. The highest BCUT2D eigenvalue weighted by molar-refractivity contribution is 5.87. The van der Waals surface area contributed by atoms with Gasteiger partial charge < -0.3 is 9.84 Å². The predicted octanol–water partition coefficient (Wildman–Crippen LogP) is 4.46. The molecule has 0 bridgehead atoms. The van der Waals surface area contributed by atoms with E-state index in [1.807, 2.05) is 24.3 Å². The molecule has 1 unspecified atom stereocenters. The molecule has 0 amide bonds. The number of carbonyl (C=O) groups excluding carboxylic acids is 1. The van der Waals surface area contributed by atoms with Gasteiger partial charge in [0, 0.05) is 0 Å². The Morgan fingerprint density at radius 2 is 2.04 bits per heavy atom. The summed E-state index contributed by atoms with van der Waals surface area (Å²) in [7, 11) is 0. The second-order valence-electron chi connectivity index (χ2n) is 6.81. The Kier molecular flexibility index (Phi) is 5.99.